The number of benzene rings is 2. The molecular weight excluding hydrogens is 340 g/mol. The van der Waals surface area contributed by atoms with E-state index >= 15 is 0 Å². The second kappa shape index (κ2) is 6.35. The van der Waals surface area contributed by atoms with Crippen LogP contribution in [0.5, 0.6) is 0 Å². The molecule has 0 amide bonds. The molecule has 0 aliphatic rings. The van der Waals surface area contributed by atoms with Gasteiger partial charge in [0, 0.05) is 11.1 Å². The van der Waals surface area contributed by atoms with Crippen LogP contribution < -0.4 is 5.46 Å². The Morgan fingerprint density at radius 1 is 0.875 bits per heavy atom. The van der Waals surface area contributed by atoms with Crippen LogP contribution >= 0.6 is 11.3 Å². The van der Waals surface area contributed by atoms with E-state index < -0.39 is 18.9 Å². The number of hydrogen-bond acceptors (Lipinski definition) is 5. The Morgan fingerprint density at radius 3 is 2.08 bits per heavy atom. The maximum Gasteiger partial charge on any atom is 0.488 e. The van der Waals surface area contributed by atoms with E-state index in [0.29, 0.717) is 26.6 Å². The second-order valence-electron chi connectivity index (χ2n) is 4.99. The standard InChI is InChI=1S/C15H10BF3N2O2S/c17-15(18,19)11-3-1-2-10(8-11)14-21-20-13(24-14)9-4-6-12(7-5-9)16(22)23/h1-8,22-23H. The monoisotopic (exact) mass is 350 g/mol. The molecule has 0 atom stereocenters. The third-order valence-corrected chi connectivity index (χ3v) is 4.34. The number of alkyl halides is 3. The van der Waals surface area contributed by atoms with Crippen LogP contribution in [0.1, 0.15) is 5.56 Å². The van der Waals surface area contributed by atoms with Crippen LogP contribution in [0, 0.1) is 0 Å². The summed E-state index contributed by atoms with van der Waals surface area (Å²) in [4.78, 5) is 0. The van der Waals surface area contributed by atoms with Crippen molar-refractivity contribution < 1.29 is 23.2 Å². The summed E-state index contributed by atoms with van der Waals surface area (Å²) in [6.45, 7) is 0. The molecule has 2 N–H and O–H groups in total. The van der Waals surface area contributed by atoms with E-state index in [1.54, 1.807) is 18.2 Å². The van der Waals surface area contributed by atoms with E-state index in [1.807, 2.05) is 0 Å². The fourth-order valence-corrected chi connectivity index (χ4v) is 2.93. The van der Waals surface area contributed by atoms with Crippen molar-refractivity contribution in [1.29, 1.82) is 0 Å². The molecule has 2 aromatic carbocycles. The Hall–Kier alpha value is -2.23. The van der Waals surface area contributed by atoms with Crippen LogP contribution in [0.25, 0.3) is 21.1 Å². The normalized spacial score (nSPS) is 11.5. The summed E-state index contributed by atoms with van der Waals surface area (Å²) in [5.41, 5.74) is 0.630. The molecule has 9 heteroatoms. The lowest BCUT2D eigenvalue weighted by molar-refractivity contribution is -0.137. The molecule has 3 aromatic rings. The molecule has 0 bridgehead atoms. The molecule has 0 spiro atoms. The Labute approximate surface area is 139 Å². The first-order valence-corrected chi connectivity index (χ1v) is 7.64. The van der Waals surface area contributed by atoms with E-state index in [9.17, 15) is 13.2 Å². The van der Waals surface area contributed by atoms with Crippen LogP contribution in [-0.4, -0.2) is 27.4 Å². The third-order valence-electron chi connectivity index (χ3n) is 3.32. The molecule has 1 heterocycles. The van der Waals surface area contributed by atoms with Gasteiger partial charge in [-0.1, -0.05) is 47.7 Å². The van der Waals surface area contributed by atoms with E-state index in [0.717, 1.165) is 23.5 Å². The highest BCUT2D eigenvalue weighted by molar-refractivity contribution is 7.17. The summed E-state index contributed by atoms with van der Waals surface area (Å²) in [5, 5.41) is 27.0. The Bertz CT molecular complexity index is 850. The molecule has 0 fully saturated rings. The van der Waals surface area contributed by atoms with Gasteiger partial charge in [0.2, 0.25) is 0 Å². The second-order valence-corrected chi connectivity index (χ2v) is 5.96. The van der Waals surface area contributed by atoms with Crippen LogP contribution in [0.2, 0.25) is 0 Å². The largest absolute Gasteiger partial charge is 0.488 e. The van der Waals surface area contributed by atoms with Gasteiger partial charge in [-0.25, -0.2) is 0 Å². The molecule has 4 nitrogen and oxygen atoms in total. The number of aromatic nitrogens is 2. The topological polar surface area (TPSA) is 66.2 Å². The van der Waals surface area contributed by atoms with Crippen molar-refractivity contribution in [1.82, 2.24) is 10.2 Å². The van der Waals surface area contributed by atoms with Crippen molar-refractivity contribution in [3.63, 3.8) is 0 Å². The van der Waals surface area contributed by atoms with E-state index in [1.165, 1.54) is 18.2 Å². The van der Waals surface area contributed by atoms with Crippen molar-refractivity contribution in [2.24, 2.45) is 0 Å². The summed E-state index contributed by atoms with van der Waals surface area (Å²) in [6, 6.07) is 11.3. The summed E-state index contributed by atoms with van der Waals surface area (Å²) in [7, 11) is -1.56. The molecular formula is C15H10BF3N2O2S. The Kier molecular flexibility index (Phi) is 4.40. The van der Waals surface area contributed by atoms with Gasteiger partial charge in [-0.05, 0) is 17.6 Å². The first kappa shape index (κ1) is 16.6. The molecule has 24 heavy (non-hydrogen) atoms. The molecule has 122 valence electrons. The van der Waals surface area contributed by atoms with Crippen LogP contribution in [0.4, 0.5) is 13.2 Å². The van der Waals surface area contributed by atoms with Crippen molar-refractivity contribution in [2.45, 2.75) is 6.18 Å². The minimum absolute atomic E-state index is 0.335. The average Bonchev–Trinajstić information content (AvgIpc) is 3.04. The molecule has 0 aliphatic carbocycles. The lowest BCUT2D eigenvalue weighted by Gasteiger charge is -2.06. The minimum Gasteiger partial charge on any atom is -0.423 e. The first-order chi connectivity index (χ1) is 11.3. The van der Waals surface area contributed by atoms with Gasteiger partial charge in [-0.2, -0.15) is 13.2 Å². The van der Waals surface area contributed by atoms with E-state index in [2.05, 4.69) is 10.2 Å². The highest BCUT2D eigenvalue weighted by Crippen LogP contribution is 2.34. The van der Waals surface area contributed by atoms with Gasteiger partial charge in [0.25, 0.3) is 0 Å². The van der Waals surface area contributed by atoms with Crippen molar-refractivity contribution >= 4 is 23.9 Å². The Morgan fingerprint density at radius 2 is 1.50 bits per heavy atom. The number of halogens is 3. The summed E-state index contributed by atoms with van der Waals surface area (Å²) < 4.78 is 38.3. The molecule has 0 saturated heterocycles. The zero-order chi connectivity index (χ0) is 17.3. The van der Waals surface area contributed by atoms with Crippen LogP contribution in [0.3, 0.4) is 0 Å². The molecule has 3 rings (SSSR count). The predicted molar refractivity (Wildman–Crippen MR) is 85.6 cm³/mol. The zero-order valence-electron chi connectivity index (χ0n) is 12.0. The third kappa shape index (κ3) is 3.48. The maximum absolute atomic E-state index is 12.8. The highest BCUT2D eigenvalue weighted by Gasteiger charge is 2.30. The van der Waals surface area contributed by atoms with Gasteiger partial charge in [0.15, 0.2) is 0 Å². The first-order valence-electron chi connectivity index (χ1n) is 6.82. The van der Waals surface area contributed by atoms with Crippen LogP contribution in [0.15, 0.2) is 48.5 Å². The van der Waals surface area contributed by atoms with E-state index in [-0.39, 0.29) is 0 Å². The minimum atomic E-state index is -4.41. The molecule has 0 unspecified atom stereocenters. The molecule has 1 aromatic heterocycles. The van der Waals surface area contributed by atoms with Gasteiger partial charge >= 0.3 is 13.3 Å². The summed E-state index contributed by atoms with van der Waals surface area (Å²) in [6.07, 6.45) is -4.41. The average molecular weight is 350 g/mol. The molecule has 0 saturated carbocycles. The van der Waals surface area contributed by atoms with E-state index in [4.69, 9.17) is 10.0 Å². The van der Waals surface area contributed by atoms with Gasteiger partial charge in [0.05, 0.1) is 5.56 Å². The number of hydrogen-bond donors (Lipinski definition) is 2. The fourth-order valence-electron chi connectivity index (χ4n) is 2.08. The van der Waals surface area contributed by atoms with Gasteiger partial charge in [-0.15, -0.1) is 10.2 Å². The highest BCUT2D eigenvalue weighted by atomic mass is 32.1. The van der Waals surface area contributed by atoms with Crippen molar-refractivity contribution in [3.05, 3.63) is 54.1 Å². The molecule has 0 aliphatic heterocycles. The summed E-state index contributed by atoms with van der Waals surface area (Å²) in [5.74, 6) is 0. The number of rotatable bonds is 3. The smallest absolute Gasteiger partial charge is 0.423 e. The zero-order valence-corrected chi connectivity index (χ0v) is 12.8. The van der Waals surface area contributed by atoms with Crippen LogP contribution in [-0.2, 0) is 6.18 Å². The lowest BCUT2D eigenvalue weighted by Crippen LogP contribution is -2.29. The van der Waals surface area contributed by atoms with Gasteiger partial charge < -0.3 is 10.0 Å². The van der Waals surface area contributed by atoms with Crippen molar-refractivity contribution in [3.8, 4) is 21.1 Å². The summed E-state index contributed by atoms with van der Waals surface area (Å²) >= 11 is 1.16. The lowest BCUT2D eigenvalue weighted by atomic mass is 9.80. The SMILES string of the molecule is OB(O)c1ccc(-c2nnc(-c3cccc(C(F)(F)F)c3)s2)cc1. The number of nitrogens with zero attached hydrogens (tertiary/aromatic N) is 2. The Balaban J connectivity index is 1.91. The molecule has 0 radical (unpaired) electrons. The predicted octanol–water partition coefficient (Wildman–Crippen LogP) is 2.57. The maximum atomic E-state index is 12.8. The van der Waals surface area contributed by atoms with Gasteiger partial charge in [-0.3, -0.25) is 0 Å². The van der Waals surface area contributed by atoms with Crippen molar-refractivity contribution in [2.75, 3.05) is 0 Å². The quantitative estimate of drug-likeness (QED) is 0.713. The van der Waals surface area contributed by atoms with Gasteiger partial charge in [0.1, 0.15) is 10.0 Å². The fraction of sp³-hybridized carbons (Fsp3) is 0.0667.